The first-order valence-corrected chi connectivity index (χ1v) is 9.28. The van der Waals surface area contributed by atoms with Crippen molar-refractivity contribution in [2.45, 2.75) is 18.8 Å². The molecule has 138 valence electrons. The Morgan fingerprint density at radius 3 is 2.54 bits per heavy atom. The lowest BCUT2D eigenvalue weighted by molar-refractivity contribution is 0.0999. The molecule has 1 aliphatic carbocycles. The summed E-state index contributed by atoms with van der Waals surface area (Å²) in [4.78, 5) is 11.9. The Morgan fingerprint density at radius 2 is 1.82 bits per heavy atom. The van der Waals surface area contributed by atoms with E-state index in [0.29, 0.717) is 11.5 Å². The van der Waals surface area contributed by atoms with E-state index < -0.39 is 0 Å². The Balaban J connectivity index is 1.62. The van der Waals surface area contributed by atoms with E-state index in [1.807, 2.05) is 36.5 Å². The number of nitrogens with zero attached hydrogens (tertiary/aromatic N) is 2. The second-order valence-corrected chi connectivity index (χ2v) is 7.23. The Hall–Kier alpha value is -3.47. The Bertz CT molecular complexity index is 1210. The quantitative estimate of drug-likeness (QED) is 0.561. The number of fused-ring (bicyclic) bond motifs is 1. The number of hydrogen-bond acceptors (Lipinski definition) is 2. The highest BCUT2D eigenvalue weighted by Gasteiger charge is 2.30. The van der Waals surface area contributed by atoms with Crippen LogP contribution in [0, 0.1) is 5.82 Å². The predicted octanol–water partition coefficient (Wildman–Crippen LogP) is 4.78. The Morgan fingerprint density at radius 1 is 1.04 bits per heavy atom. The second-order valence-electron chi connectivity index (χ2n) is 7.23. The van der Waals surface area contributed by atoms with Crippen LogP contribution in [0.5, 0.6) is 0 Å². The number of pyridine rings is 1. The molecule has 0 unspecified atom stereocenters. The summed E-state index contributed by atoms with van der Waals surface area (Å²) >= 11 is 0. The summed E-state index contributed by atoms with van der Waals surface area (Å²) in [5.41, 5.74) is 11.9. The van der Waals surface area contributed by atoms with Gasteiger partial charge in [0.1, 0.15) is 5.82 Å². The van der Waals surface area contributed by atoms with Gasteiger partial charge in [-0.15, -0.1) is 0 Å². The average Bonchev–Trinajstić information content (AvgIpc) is 3.46. The highest BCUT2D eigenvalue weighted by molar-refractivity contribution is 5.97. The molecule has 0 saturated heterocycles. The zero-order valence-corrected chi connectivity index (χ0v) is 15.1. The molecule has 2 aromatic heterocycles. The molecule has 4 nitrogen and oxygen atoms in total. The van der Waals surface area contributed by atoms with Crippen molar-refractivity contribution in [2.75, 3.05) is 0 Å². The lowest BCUT2D eigenvalue weighted by Crippen LogP contribution is -2.14. The number of carbonyl (C=O) groups is 1. The maximum atomic E-state index is 13.2. The summed E-state index contributed by atoms with van der Waals surface area (Å²) in [6.45, 7) is 0. The topological polar surface area (TPSA) is 60.4 Å². The van der Waals surface area contributed by atoms with Crippen LogP contribution >= 0.6 is 0 Å². The van der Waals surface area contributed by atoms with Gasteiger partial charge in [-0.05, 0) is 84.0 Å². The minimum absolute atomic E-state index is 0.267. The first-order chi connectivity index (χ1) is 13.6. The molecule has 1 amide bonds. The van der Waals surface area contributed by atoms with Gasteiger partial charge in [0, 0.05) is 17.3 Å². The van der Waals surface area contributed by atoms with E-state index in [-0.39, 0.29) is 11.7 Å². The van der Waals surface area contributed by atoms with Crippen LogP contribution in [0.4, 0.5) is 4.39 Å². The van der Waals surface area contributed by atoms with Gasteiger partial charge in [0.25, 0.3) is 0 Å². The highest BCUT2D eigenvalue weighted by atomic mass is 19.1. The van der Waals surface area contributed by atoms with Crippen LogP contribution in [0.25, 0.3) is 27.9 Å². The van der Waals surface area contributed by atoms with Crippen molar-refractivity contribution in [1.82, 2.24) is 9.61 Å². The fraction of sp³-hybridized carbons (Fsp3) is 0.130. The average molecular weight is 371 g/mol. The molecule has 4 aromatic rings. The summed E-state index contributed by atoms with van der Waals surface area (Å²) in [6.07, 6.45) is 4.08. The molecule has 0 atom stereocenters. The van der Waals surface area contributed by atoms with Gasteiger partial charge in [-0.2, -0.15) is 5.10 Å². The number of halogens is 1. The van der Waals surface area contributed by atoms with Crippen LogP contribution in [-0.4, -0.2) is 15.5 Å². The molecule has 28 heavy (non-hydrogen) atoms. The standard InChI is InChI=1S/C23H18FN3O/c24-17-8-6-14(7-9-17)21-13-18-12-16(10-11-27(18)26-21)19-2-1-3-20(23(25)28)22(19)15-4-5-15/h1-3,6-13,15H,4-5H2,(H2,25,28). The molecule has 5 rings (SSSR count). The largest absolute Gasteiger partial charge is 0.366 e. The Kier molecular flexibility index (Phi) is 3.76. The summed E-state index contributed by atoms with van der Waals surface area (Å²) in [5.74, 6) is -0.251. The lowest BCUT2D eigenvalue weighted by atomic mass is 9.92. The maximum absolute atomic E-state index is 13.2. The zero-order valence-electron chi connectivity index (χ0n) is 15.1. The normalized spacial score (nSPS) is 13.8. The molecule has 0 bridgehead atoms. The predicted molar refractivity (Wildman–Crippen MR) is 107 cm³/mol. The summed E-state index contributed by atoms with van der Waals surface area (Å²) in [5, 5.41) is 4.58. The van der Waals surface area contributed by atoms with E-state index in [4.69, 9.17) is 5.73 Å². The molecule has 2 heterocycles. The van der Waals surface area contributed by atoms with Gasteiger partial charge in [0.05, 0.1) is 11.2 Å². The molecular formula is C23H18FN3O. The number of amides is 1. The zero-order chi connectivity index (χ0) is 19.3. The molecule has 2 N–H and O–H groups in total. The first kappa shape index (κ1) is 16.7. The molecule has 0 spiro atoms. The van der Waals surface area contributed by atoms with Crippen molar-refractivity contribution in [3.05, 3.63) is 83.8 Å². The molecule has 1 fully saturated rings. The maximum Gasteiger partial charge on any atom is 0.249 e. The van der Waals surface area contributed by atoms with Crippen LogP contribution in [-0.2, 0) is 0 Å². The van der Waals surface area contributed by atoms with Gasteiger partial charge < -0.3 is 5.73 Å². The van der Waals surface area contributed by atoms with Gasteiger partial charge in [-0.1, -0.05) is 12.1 Å². The minimum Gasteiger partial charge on any atom is -0.366 e. The van der Waals surface area contributed by atoms with Gasteiger partial charge in [0.2, 0.25) is 5.91 Å². The minimum atomic E-state index is -0.382. The number of benzene rings is 2. The third-order valence-electron chi connectivity index (χ3n) is 5.27. The molecule has 2 aromatic carbocycles. The molecule has 0 aliphatic heterocycles. The van der Waals surface area contributed by atoms with Crippen molar-refractivity contribution in [3.8, 4) is 22.4 Å². The summed E-state index contributed by atoms with van der Waals surface area (Å²) in [6, 6.07) is 18.1. The summed E-state index contributed by atoms with van der Waals surface area (Å²) < 4.78 is 15.0. The van der Waals surface area contributed by atoms with Crippen LogP contribution in [0.1, 0.15) is 34.7 Å². The molecule has 5 heteroatoms. The van der Waals surface area contributed by atoms with E-state index >= 15 is 0 Å². The molecule has 1 aliphatic rings. The van der Waals surface area contributed by atoms with E-state index in [1.54, 1.807) is 16.6 Å². The van der Waals surface area contributed by atoms with Gasteiger partial charge in [-0.25, -0.2) is 8.91 Å². The first-order valence-electron chi connectivity index (χ1n) is 9.28. The Labute approximate surface area is 161 Å². The van der Waals surface area contributed by atoms with Crippen LogP contribution in [0.3, 0.4) is 0 Å². The number of primary amides is 1. The fourth-order valence-corrected chi connectivity index (χ4v) is 3.77. The van der Waals surface area contributed by atoms with E-state index in [2.05, 4.69) is 11.2 Å². The van der Waals surface area contributed by atoms with Crippen molar-refractivity contribution in [3.63, 3.8) is 0 Å². The summed E-state index contributed by atoms with van der Waals surface area (Å²) in [7, 11) is 0. The van der Waals surface area contributed by atoms with Crippen LogP contribution in [0.2, 0.25) is 0 Å². The number of aromatic nitrogens is 2. The fourth-order valence-electron chi connectivity index (χ4n) is 3.77. The van der Waals surface area contributed by atoms with E-state index in [9.17, 15) is 9.18 Å². The van der Waals surface area contributed by atoms with E-state index in [1.165, 1.54) is 12.1 Å². The van der Waals surface area contributed by atoms with Crippen molar-refractivity contribution in [1.29, 1.82) is 0 Å². The molecule has 0 radical (unpaired) electrons. The van der Waals surface area contributed by atoms with Gasteiger partial charge >= 0.3 is 0 Å². The number of carbonyl (C=O) groups excluding carboxylic acids is 1. The third kappa shape index (κ3) is 2.85. The highest BCUT2D eigenvalue weighted by Crippen LogP contribution is 2.46. The SMILES string of the molecule is NC(=O)c1cccc(-c2ccn3nc(-c4ccc(F)cc4)cc3c2)c1C1CC1. The monoisotopic (exact) mass is 371 g/mol. The smallest absolute Gasteiger partial charge is 0.249 e. The third-order valence-corrected chi connectivity index (χ3v) is 5.27. The molecule has 1 saturated carbocycles. The van der Waals surface area contributed by atoms with Crippen LogP contribution in [0.15, 0.2) is 66.9 Å². The van der Waals surface area contributed by atoms with Crippen molar-refractivity contribution in [2.24, 2.45) is 5.73 Å². The van der Waals surface area contributed by atoms with Gasteiger partial charge in [-0.3, -0.25) is 4.79 Å². The van der Waals surface area contributed by atoms with Crippen LogP contribution < -0.4 is 5.73 Å². The molecular weight excluding hydrogens is 353 g/mol. The van der Waals surface area contributed by atoms with E-state index in [0.717, 1.165) is 46.3 Å². The van der Waals surface area contributed by atoms with Crippen molar-refractivity contribution < 1.29 is 9.18 Å². The number of hydrogen-bond donors (Lipinski definition) is 1. The van der Waals surface area contributed by atoms with Gasteiger partial charge in [0.15, 0.2) is 0 Å². The second kappa shape index (κ2) is 6.30. The van der Waals surface area contributed by atoms with Crippen molar-refractivity contribution >= 4 is 11.4 Å². The lowest BCUT2D eigenvalue weighted by Gasteiger charge is -2.13. The number of rotatable bonds is 4. The number of nitrogens with two attached hydrogens (primary N) is 1.